The topological polar surface area (TPSA) is 25.8 Å². The van der Waals surface area contributed by atoms with Crippen LogP contribution in [0.2, 0.25) is 0 Å². The molecule has 11 rings (SSSR count). The number of benzene rings is 8. The summed E-state index contributed by atoms with van der Waals surface area (Å²) in [7, 11) is 0. The van der Waals surface area contributed by atoms with Crippen molar-refractivity contribution in [3.05, 3.63) is 229 Å². The standard InChI is InChI=1S/C53H34N2S/c1-3-17-35(18-4-1)48-34-49(36-19-5-2-6-20-36)55-52(54-48)43-26-10-9-23-40(43)39-22-8-7-21-38(39)37-31-32-51-47(33-37)53(46-29-15-16-30-50(46)56-51)44-27-13-11-24-41(44)42-25-12-14-28-45(42)53/h1-34H. The summed E-state index contributed by atoms with van der Waals surface area (Å²) in [6, 6.07) is 74.4. The fourth-order valence-electron chi connectivity index (χ4n) is 8.99. The van der Waals surface area contributed by atoms with Crippen molar-refractivity contribution in [2.45, 2.75) is 15.2 Å². The molecule has 0 bridgehead atoms. The molecule has 8 aromatic carbocycles. The molecular weight excluding hydrogens is 697 g/mol. The number of hydrogen-bond donors (Lipinski definition) is 0. The molecule has 3 heteroatoms. The molecule has 0 fully saturated rings. The second-order valence-electron chi connectivity index (χ2n) is 14.4. The molecule has 0 N–H and O–H groups in total. The fourth-order valence-corrected chi connectivity index (χ4v) is 10.2. The first-order valence-corrected chi connectivity index (χ1v) is 19.9. The summed E-state index contributed by atoms with van der Waals surface area (Å²) in [4.78, 5) is 13.1. The largest absolute Gasteiger partial charge is 0.228 e. The Morgan fingerprint density at radius 3 is 1.36 bits per heavy atom. The number of aromatic nitrogens is 2. The zero-order valence-corrected chi connectivity index (χ0v) is 31.2. The zero-order chi connectivity index (χ0) is 37.1. The highest BCUT2D eigenvalue weighted by Gasteiger charge is 2.50. The summed E-state index contributed by atoms with van der Waals surface area (Å²) < 4.78 is 0. The van der Waals surface area contributed by atoms with Gasteiger partial charge in [-0.3, -0.25) is 0 Å². The number of nitrogens with zero attached hydrogens (tertiary/aromatic N) is 2. The summed E-state index contributed by atoms with van der Waals surface area (Å²) in [5, 5.41) is 0. The van der Waals surface area contributed by atoms with Gasteiger partial charge in [-0.05, 0) is 79.9 Å². The van der Waals surface area contributed by atoms with Crippen molar-refractivity contribution in [3.8, 4) is 67.3 Å². The van der Waals surface area contributed by atoms with Gasteiger partial charge in [-0.1, -0.05) is 194 Å². The molecule has 2 nitrogen and oxygen atoms in total. The normalized spacial score (nSPS) is 13.1. The average Bonchev–Trinajstić information content (AvgIpc) is 3.57. The Morgan fingerprint density at radius 1 is 0.304 bits per heavy atom. The molecule has 0 unspecified atom stereocenters. The SMILES string of the molecule is c1ccc(-c2cc(-c3ccccc3)nc(-c3ccccc3-c3ccccc3-c3ccc4c(c3)C3(c5ccccc5S4)c4ccccc4-c4ccccc43)n2)cc1. The lowest BCUT2D eigenvalue weighted by atomic mass is 9.67. The minimum absolute atomic E-state index is 0.438. The third-order valence-corrected chi connectivity index (χ3v) is 12.6. The third kappa shape index (κ3) is 5.05. The van der Waals surface area contributed by atoms with E-state index < -0.39 is 5.41 Å². The smallest absolute Gasteiger partial charge is 0.161 e. The van der Waals surface area contributed by atoms with Crippen LogP contribution in [-0.4, -0.2) is 9.97 Å². The highest BCUT2D eigenvalue weighted by atomic mass is 32.2. The minimum atomic E-state index is -0.438. The van der Waals surface area contributed by atoms with Crippen LogP contribution in [0.1, 0.15) is 22.3 Å². The number of rotatable bonds is 5. The van der Waals surface area contributed by atoms with Crippen LogP contribution in [0.25, 0.3) is 67.3 Å². The monoisotopic (exact) mass is 730 g/mol. The lowest BCUT2D eigenvalue weighted by molar-refractivity contribution is 0.723. The quantitative estimate of drug-likeness (QED) is 0.176. The van der Waals surface area contributed by atoms with Crippen LogP contribution in [-0.2, 0) is 5.41 Å². The van der Waals surface area contributed by atoms with Crippen LogP contribution < -0.4 is 0 Å². The van der Waals surface area contributed by atoms with Gasteiger partial charge >= 0.3 is 0 Å². The molecule has 0 saturated carbocycles. The molecule has 0 atom stereocenters. The highest BCUT2D eigenvalue weighted by molar-refractivity contribution is 7.99. The number of hydrogen-bond acceptors (Lipinski definition) is 3. The van der Waals surface area contributed by atoms with E-state index in [1.807, 2.05) is 23.9 Å². The minimum Gasteiger partial charge on any atom is -0.228 e. The molecule has 262 valence electrons. The first-order chi connectivity index (χ1) is 27.8. The van der Waals surface area contributed by atoms with Crippen LogP contribution in [0.5, 0.6) is 0 Å². The first kappa shape index (κ1) is 32.6. The molecule has 9 aromatic rings. The molecule has 1 aromatic heterocycles. The van der Waals surface area contributed by atoms with Crippen LogP contribution in [0, 0.1) is 0 Å². The first-order valence-electron chi connectivity index (χ1n) is 19.1. The Labute approximate surface area is 331 Å². The Bertz CT molecular complexity index is 2850. The van der Waals surface area contributed by atoms with Crippen molar-refractivity contribution in [2.24, 2.45) is 0 Å². The zero-order valence-electron chi connectivity index (χ0n) is 30.4. The van der Waals surface area contributed by atoms with Crippen molar-refractivity contribution in [3.63, 3.8) is 0 Å². The Hall–Kier alpha value is -6.81. The van der Waals surface area contributed by atoms with E-state index in [4.69, 9.17) is 9.97 Å². The van der Waals surface area contributed by atoms with Gasteiger partial charge < -0.3 is 0 Å². The van der Waals surface area contributed by atoms with E-state index in [1.165, 1.54) is 54.3 Å². The fraction of sp³-hybridized carbons (Fsp3) is 0.0189. The molecule has 0 radical (unpaired) electrons. The van der Waals surface area contributed by atoms with Crippen LogP contribution >= 0.6 is 11.8 Å². The van der Waals surface area contributed by atoms with Crippen molar-refractivity contribution in [2.75, 3.05) is 0 Å². The maximum atomic E-state index is 5.24. The van der Waals surface area contributed by atoms with Crippen molar-refractivity contribution in [1.29, 1.82) is 0 Å². The molecule has 0 amide bonds. The Kier molecular flexibility index (Phi) is 7.68. The lowest BCUT2D eigenvalue weighted by Crippen LogP contribution is -2.32. The van der Waals surface area contributed by atoms with E-state index in [9.17, 15) is 0 Å². The summed E-state index contributed by atoms with van der Waals surface area (Å²) in [6.07, 6.45) is 0. The predicted octanol–water partition coefficient (Wildman–Crippen LogP) is 13.6. The molecule has 1 aliphatic heterocycles. The molecule has 2 heterocycles. The van der Waals surface area contributed by atoms with Crippen molar-refractivity contribution in [1.82, 2.24) is 9.97 Å². The van der Waals surface area contributed by atoms with E-state index in [0.717, 1.165) is 39.2 Å². The van der Waals surface area contributed by atoms with Gasteiger partial charge in [0, 0.05) is 26.5 Å². The maximum Gasteiger partial charge on any atom is 0.161 e. The van der Waals surface area contributed by atoms with E-state index in [-0.39, 0.29) is 0 Å². The molecular formula is C53H34N2S. The van der Waals surface area contributed by atoms with Crippen LogP contribution in [0.3, 0.4) is 0 Å². The molecule has 56 heavy (non-hydrogen) atoms. The van der Waals surface area contributed by atoms with Crippen LogP contribution in [0.4, 0.5) is 0 Å². The van der Waals surface area contributed by atoms with Gasteiger partial charge in [-0.2, -0.15) is 0 Å². The predicted molar refractivity (Wildman–Crippen MR) is 231 cm³/mol. The van der Waals surface area contributed by atoms with E-state index in [1.54, 1.807) is 0 Å². The highest BCUT2D eigenvalue weighted by Crippen LogP contribution is 2.62. The van der Waals surface area contributed by atoms with Gasteiger partial charge in [-0.25, -0.2) is 9.97 Å². The van der Waals surface area contributed by atoms with E-state index >= 15 is 0 Å². The Morgan fingerprint density at radius 2 is 0.750 bits per heavy atom. The van der Waals surface area contributed by atoms with Crippen molar-refractivity contribution < 1.29 is 0 Å². The second kappa shape index (κ2) is 13.2. The number of fused-ring (bicyclic) bond motifs is 9. The Balaban J connectivity index is 1.11. The maximum absolute atomic E-state index is 5.24. The summed E-state index contributed by atoms with van der Waals surface area (Å²) in [5.41, 5.74) is 17.0. The lowest BCUT2D eigenvalue weighted by Gasteiger charge is -2.40. The van der Waals surface area contributed by atoms with Gasteiger partial charge in [0.05, 0.1) is 16.8 Å². The molecule has 0 saturated heterocycles. The molecule has 1 aliphatic carbocycles. The second-order valence-corrected chi connectivity index (χ2v) is 15.5. The third-order valence-electron chi connectivity index (χ3n) is 11.4. The van der Waals surface area contributed by atoms with Gasteiger partial charge in [0.15, 0.2) is 5.82 Å². The average molecular weight is 731 g/mol. The summed E-state index contributed by atoms with van der Waals surface area (Å²) >= 11 is 1.88. The molecule has 2 aliphatic rings. The van der Waals surface area contributed by atoms with E-state index in [0.29, 0.717) is 5.82 Å². The van der Waals surface area contributed by atoms with Crippen LogP contribution in [0.15, 0.2) is 216 Å². The van der Waals surface area contributed by atoms with Gasteiger partial charge in [0.2, 0.25) is 0 Å². The van der Waals surface area contributed by atoms with Gasteiger partial charge in [0.1, 0.15) is 0 Å². The molecule has 1 spiro atoms. The van der Waals surface area contributed by atoms with Gasteiger partial charge in [0.25, 0.3) is 0 Å². The van der Waals surface area contributed by atoms with Gasteiger partial charge in [-0.15, -0.1) is 0 Å². The summed E-state index contributed by atoms with van der Waals surface area (Å²) in [6.45, 7) is 0. The van der Waals surface area contributed by atoms with E-state index in [2.05, 4.69) is 194 Å². The summed E-state index contributed by atoms with van der Waals surface area (Å²) in [5.74, 6) is 0.701. The van der Waals surface area contributed by atoms with Crippen molar-refractivity contribution >= 4 is 11.8 Å².